The van der Waals surface area contributed by atoms with Crippen LogP contribution in [0.3, 0.4) is 0 Å². The van der Waals surface area contributed by atoms with Gasteiger partial charge in [0.2, 0.25) is 11.1 Å². The average Bonchev–Trinajstić information content (AvgIpc) is 2.24. The highest BCUT2D eigenvalue weighted by molar-refractivity contribution is 7.84. The zero-order valence-electron chi connectivity index (χ0n) is 10.8. The van der Waals surface area contributed by atoms with Crippen LogP contribution in [0, 0.1) is 17.0 Å². The van der Waals surface area contributed by atoms with Crippen LogP contribution in [0.2, 0.25) is 5.28 Å². The maximum atomic E-state index is 11.0. The summed E-state index contributed by atoms with van der Waals surface area (Å²) in [5, 5.41) is 13.9. The summed E-state index contributed by atoms with van der Waals surface area (Å²) >= 11 is 5.70. The number of hydrogen-bond acceptors (Lipinski definition) is 6. The molecule has 1 N–H and O–H groups in total. The fourth-order valence-electron chi connectivity index (χ4n) is 1.50. The maximum Gasteiger partial charge on any atom is 0.332 e. The highest BCUT2D eigenvalue weighted by Gasteiger charge is 2.22. The zero-order chi connectivity index (χ0) is 14.6. The highest BCUT2D eigenvalue weighted by atomic mass is 35.5. The molecule has 106 valence electrons. The number of aromatic nitrogens is 2. The Kier molecular flexibility index (Phi) is 5.61. The summed E-state index contributed by atoms with van der Waals surface area (Å²) in [5.74, 6) is 0.608. The third-order valence-corrected chi connectivity index (χ3v) is 3.41. The Bertz CT molecular complexity index is 512. The van der Waals surface area contributed by atoms with E-state index in [1.807, 2.05) is 6.92 Å². The van der Waals surface area contributed by atoms with Gasteiger partial charge in [0.15, 0.2) is 0 Å². The molecule has 19 heavy (non-hydrogen) atoms. The lowest BCUT2D eigenvalue weighted by atomic mass is 10.2. The molecule has 1 rings (SSSR count). The molecule has 0 aliphatic carbocycles. The molecule has 0 radical (unpaired) electrons. The smallest absolute Gasteiger partial charge is 0.332 e. The Balaban J connectivity index is 2.93. The molecule has 0 saturated carbocycles. The minimum atomic E-state index is -0.900. The van der Waals surface area contributed by atoms with Crippen LogP contribution in [0.5, 0.6) is 0 Å². The molecule has 1 heterocycles. The maximum absolute atomic E-state index is 11.0. The topological polar surface area (TPSA) is 98.0 Å². The molecule has 0 fully saturated rings. The van der Waals surface area contributed by atoms with Gasteiger partial charge in [-0.05, 0) is 31.9 Å². The minimum Gasteiger partial charge on any atom is -0.362 e. The summed E-state index contributed by atoms with van der Waals surface area (Å²) in [7, 11) is -0.900. The molecule has 0 spiro atoms. The molecule has 1 aromatic rings. The molecular weight excluding hydrogens is 292 g/mol. The molecule has 0 bridgehead atoms. The predicted molar refractivity (Wildman–Crippen MR) is 75.1 cm³/mol. The number of nitro groups is 1. The van der Waals surface area contributed by atoms with E-state index in [0.29, 0.717) is 12.2 Å². The Morgan fingerprint density at radius 1 is 1.53 bits per heavy atom. The number of aryl methyl sites for hydroxylation is 1. The van der Waals surface area contributed by atoms with E-state index in [1.54, 1.807) is 6.26 Å². The molecule has 0 saturated heterocycles. The number of nitrogens with zero attached hydrogens (tertiary/aromatic N) is 3. The van der Waals surface area contributed by atoms with E-state index < -0.39 is 15.7 Å². The molecular formula is C10H15ClN4O3S. The third-order valence-electron chi connectivity index (χ3n) is 2.44. The molecule has 0 aliphatic rings. The molecule has 1 aromatic heterocycles. The molecule has 0 aliphatic heterocycles. The lowest BCUT2D eigenvalue weighted by molar-refractivity contribution is -0.385. The minimum absolute atomic E-state index is 0.0446. The molecule has 0 aromatic carbocycles. The average molecular weight is 307 g/mol. The summed E-state index contributed by atoms with van der Waals surface area (Å²) in [6, 6.07) is -0.104. The number of rotatable bonds is 6. The van der Waals surface area contributed by atoms with Crippen molar-refractivity contribution >= 4 is 33.9 Å². The van der Waals surface area contributed by atoms with E-state index in [9.17, 15) is 14.3 Å². The van der Waals surface area contributed by atoms with E-state index in [2.05, 4.69) is 15.3 Å². The molecule has 0 amide bonds. The van der Waals surface area contributed by atoms with Gasteiger partial charge in [-0.3, -0.25) is 14.3 Å². The van der Waals surface area contributed by atoms with Gasteiger partial charge >= 0.3 is 5.69 Å². The predicted octanol–water partition coefficient (Wildman–Crippen LogP) is 1.92. The molecule has 9 heteroatoms. The van der Waals surface area contributed by atoms with Crippen LogP contribution in [-0.4, -0.2) is 37.2 Å². The van der Waals surface area contributed by atoms with Gasteiger partial charge in [0, 0.05) is 28.9 Å². The largest absolute Gasteiger partial charge is 0.362 e. The number of nitrogens with one attached hydrogen (secondary N) is 1. The number of anilines is 1. The quantitative estimate of drug-likeness (QED) is 0.490. The second kappa shape index (κ2) is 6.76. The number of halogens is 1. The van der Waals surface area contributed by atoms with Gasteiger partial charge in [0.1, 0.15) is 5.69 Å². The fourth-order valence-corrected chi connectivity index (χ4v) is 2.40. The van der Waals surface area contributed by atoms with Crippen molar-refractivity contribution in [3.63, 3.8) is 0 Å². The second-order valence-electron chi connectivity index (χ2n) is 4.14. The van der Waals surface area contributed by atoms with Gasteiger partial charge in [0.25, 0.3) is 0 Å². The Morgan fingerprint density at radius 3 is 2.68 bits per heavy atom. The van der Waals surface area contributed by atoms with Crippen molar-refractivity contribution in [3.05, 3.63) is 21.1 Å². The van der Waals surface area contributed by atoms with Gasteiger partial charge < -0.3 is 5.32 Å². The SMILES string of the molecule is Cc1nc(Cl)nc(NC(C)CCS(C)=O)c1[N+](=O)[O-]. The van der Waals surface area contributed by atoms with Crippen molar-refractivity contribution < 1.29 is 9.13 Å². The van der Waals surface area contributed by atoms with Gasteiger partial charge in [-0.2, -0.15) is 4.98 Å². The van der Waals surface area contributed by atoms with Crippen molar-refractivity contribution in [3.8, 4) is 0 Å². The van der Waals surface area contributed by atoms with Crippen molar-refractivity contribution in [2.24, 2.45) is 0 Å². The highest BCUT2D eigenvalue weighted by Crippen LogP contribution is 2.27. The fraction of sp³-hybridized carbons (Fsp3) is 0.600. The van der Waals surface area contributed by atoms with Gasteiger partial charge in [0.05, 0.1) is 4.92 Å². The normalized spacial score (nSPS) is 13.9. The summed E-state index contributed by atoms with van der Waals surface area (Å²) in [6.45, 7) is 3.34. The lowest BCUT2D eigenvalue weighted by Crippen LogP contribution is -2.20. The zero-order valence-corrected chi connectivity index (χ0v) is 12.4. The van der Waals surface area contributed by atoms with Crippen LogP contribution in [0.15, 0.2) is 0 Å². The van der Waals surface area contributed by atoms with E-state index in [0.717, 1.165) is 0 Å². The summed E-state index contributed by atoms with van der Waals surface area (Å²) in [5.41, 5.74) is 0.0210. The van der Waals surface area contributed by atoms with E-state index in [1.165, 1.54) is 6.92 Å². The van der Waals surface area contributed by atoms with Crippen LogP contribution in [0.4, 0.5) is 11.5 Å². The van der Waals surface area contributed by atoms with E-state index in [-0.39, 0.29) is 28.5 Å². The summed E-state index contributed by atoms with van der Waals surface area (Å²) < 4.78 is 11.0. The number of hydrogen-bond donors (Lipinski definition) is 1. The summed E-state index contributed by atoms with van der Waals surface area (Å²) in [4.78, 5) is 18.1. The first-order valence-electron chi connectivity index (χ1n) is 5.56. The van der Waals surface area contributed by atoms with Crippen LogP contribution in [-0.2, 0) is 10.8 Å². The first-order valence-corrected chi connectivity index (χ1v) is 7.67. The lowest BCUT2D eigenvalue weighted by Gasteiger charge is -2.14. The first-order chi connectivity index (χ1) is 8.81. The van der Waals surface area contributed by atoms with Crippen molar-refractivity contribution in [2.75, 3.05) is 17.3 Å². The standard InChI is InChI=1S/C10H15ClN4O3S/c1-6(4-5-19(3)18)12-9-8(15(16)17)7(2)13-10(11)14-9/h6H,4-5H2,1-3H3,(H,12,13,14). The van der Waals surface area contributed by atoms with Crippen molar-refractivity contribution in [1.82, 2.24) is 9.97 Å². The molecule has 7 nitrogen and oxygen atoms in total. The van der Waals surface area contributed by atoms with E-state index >= 15 is 0 Å². The van der Waals surface area contributed by atoms with Gasteiger partial charge in [-0.1, -0.05) is 0 Å². The van der Waals surface area contributed by atoms with Crippen LogP contribution >= 0.6 is 11.6 Å². The molecule has 2 atom stereocenters. The molecule has 2 unspecified atom stereocenters. The Labute approximate surface area is 118 Å². The first kappa shape index (κ1) is 15.8. The Hall–Kier alpha value is -1.28. The van der Waals surface area contributed by atoms with Crippen LogP contribution in [0.25, 0.3) is 0 Å². The van der Waals surface area contributed by atoms with Crippen molar-refractivity contribution in [1.29, 1.82) is 0 Å². The monoisotopic (exact) mass is 306 g/mol. The summed E-state index contributed by atoms with van der Waals surface area (Å²) in [6.07, 6.45) is 2.22. The second-order valence-corrected chi connectivity index (χ2v) is 6.04. The van der Waals surface area contributed by atoms with Crippen LogP contribution in [0.1, 0.15) is 19.0 Å². The van der Waals surface area contributed by atoms with Gasteiger partial charge in [-0.25, -0.2) is 4.98 Å². The van der Waals surface area contributed by atoms with Gasteiger partial charge in [-0.15, -0.1) is 0 Å². The van der Waals surface area contributed by atoms with Crippen molar-refractivity contribution in [2.45, 2.75) is 26.3 Å². The third kappa shape index (κ3) is 4.71. The Morgan fingerprint density at radius 2 is 2.16 bits per heavy atom. The van der Waals surface area contributed by atoms with E-state index in [4.69, 9.17) is 11.6 Å². The van der Waals surface area contributed by atoms with Crippen LogP contribution < -0.4 is 5.32 Å².